The van der Waals surface area contributed by atoms with Crippen LogP contribution in [0.3, 0.4) is 0 Å². The number of nitrogens with zero attached hydrogens (tertiary/aromatic N) is 2. The monoisotopic (exact) mass is 271 g/mol. The maximum Gasteiger partial charge on any atom is 0.228 e. The van der Waals surface area contributed by atoms with E-state index in [1.165, 1.54) is 11.3 Å². The van der Waals surface area contributed by atoms with Crippen LogP contribution in [0, 0.1) is 5.92 Å². The highest BCUT2D eigenvalue weighted by atomic mass is 32.1. The Kier molecular flexibility index (Phi) is 6.07. The fourth-order valence-corrected chi connectivity index (χ4v) is 2.19. The number of nitrogens with two attached hydrogens (primary N) is 1. The second kappa shape index (κ2) is 7.33. The zero-order chi connectivity index (χ0) is 13.5. The Morgan fingerprint density at radius 2 is 2.33 bits per heavy atom. The van der Waals surface area contributed by atoms with Gasteiger partial charge in [-0.05, 0) is 5.92 Å². The first-order valence-corrected chi connectivity index (χ1v) is 6.87. The number of rotatable bonds is 7. The van der Waals surface area contributed by atoms with Gasteiger partial charge in [-0.3, -0.25) is 4.79 Å². The fourth-order valence-electron chi connectivity index (χ4n) is 1.63. The largest absolute Gasteiger partial charge is 0.383 e. The van der Waals surface area contributed by atoms with Crippen LogP contribution in [-0.4, -0.2) is 42.6 Å². The number of carbonyl (C=O) groups is 1. The topological polar surface area (TPSA) is 68.5 Å². The molecule has 0 radical (unpaired) electrons. The predicted octanol–water partition coefficient (Wildman–Crippen LogP) is 1.40. The smallest absolute Gasteiger partial charge is 0.228 e. The lowest BCUT2D eigenvalue weighted by Crippen LogP contribution is -2.37. The molecule has 0 saturated carbocycles. The van der Waals surface area contributed by atoms with Gasteiger partial charge in [0.15, 0.2) is 5.13 Å². The number of thiazole rings is 1. The molecule has 0 unspecified atom stereocenters. The van der Waals surface area contributed by atoms with Crippen molar-refractivity contribution in [3.8, 4) is 0 Å². The van der Waals surface area contributed by atoms with Gasteiger partial charge in [0, 0.05) is 25.6 Å². The second-order valence-corrected chi connectivity index (χ2v) is 5.47. The van der Waals surface area contributed by atoms with Crippen LogP contribution in [0.2, 0.25) is 0 Å². The number of hydrogen-bond acceptors (Lipinski definition) is 5. The molecule has 18 heavy (non-hydrogen) atoms. The van der Waals surface area contributed by atoms with E-state index in [4.69, 9.17) is 10.5 Å². The molecule has 1 aromatic heterocycles. The Labute approximate surface area is 112 Å². The molecule has 1 aromatic rings. The van der Waals surface area contributed by atoms with Gasteiger partial charge < -0.3 is 15.4 Å². The molecule has 5 nitrogen and oxygen atoms in total. The SMILES string of the molecule is COCCN(CC(C)C)C(=O)Cc1csc(N)n1. The first-order chi connectivity index (χ1) is 8.52. The predicted molar refractivity (Wildman–Crippen MR) is 73.5 cm³/mol. The van der Waals surface area contributed by atoms with Crippen LogP contribution in [0.5, 0.6) is 0 Å². The molecular formula is C12H21N3O2S. The van der Waals surface area contributed by atoms with Crippen molar-refractivity contribution < 1.29 is 9.53 Å². The van der Waals surface area contributed by atoms with E-state index >= 15 is 0 Å². The Morgan fingerprint density at radius 1 is 1.61 bits per heavy atom. The summed E-state index contributed by atoms with van der Waals surface area (Å²) in [5.41, 5.74) is 6.30. The Morgan fingerprint density at radius 3 is 2.83 bits per heavy atom. The molecule has 1 amide bonds. The summed E-state index contributed by atoms with van der Waals surface area (Å²) in [6.45, 7) is 6.09. The zero-order valence-electron chi connectivity index (χ0n) is 11.2. The molecule has 1 rings (SSSR count). The number of aromatic nitrogens is 1. The summed E-state index contributed by atoms with van der Waals surface area (Å²) in [6, 6.07) is 0. The van der Waals surface area contributed by atoms with Crippen molar-refractivity contribution in [2.45, 2.75) is 20.3 Å². The van der Waals surface area contributed by atoms with E-state index in [9.17, 15) is 4.79 Å². The lowest BCUT2D eigenvalue weighted by atomic mass is 10.2. The summed E-state index contributed by atoms with van der Waals surface area (Å²) in [4.78, 5) is 18.1. The molecule has 6 heteroatoms. The molecule has 102 valence electrons. The third kappa shape index (κ3) is 5.01. The third-order valence-electron chi connectivity index (χ3n) is 2.41. The standard InChI is InChI=1S/C12H21N3O2S/c1-9(2)7-15(4-5-17-3)11(16)6-10-8-18-12(13)14-10/h8-9H,4-7H2,1-3H3,(H2,13,14). The molecule has 0 spiro atoms. The first kappa shape index (κ1) is 14.9. The number of ether oxygens (including phenoxy) is 1. The number of methoxy groups -OCH3 is 1. The second-order valence-electron chi connectivity index (χ2n) is 4.58. The Hall–Kier alpha value is -1.14. The number of hydrogen-bond donors (Lipinski definition) is 1. The molecular weight excluding hydrogens is 250 g/mol. The zero-order valence-corrected chi connectivity index (χ0v) is 12.0. The summed E-state index contributed by atoms with van der Waals surface area (Å²) >= 11 is 1.36. The minimum absolute atomic E-state index is 0.0750. The summed E-state index contributed by atoms with van der Waals surface area (Å²) in [7, 11) is 1.64. The number of carbonyl (C=O) groups excluding carboxylic acids is 1. The van der Waals surface area contributed by atoms with Gasteiger partial charge >= 0.3 is 0 Å². The van der Waals surface area contributed by atoms with E-state index in [0.717, 1.165) is 12.2 Å². The molecule has 0 aliphatic carbocycles. The summed E-state index contributed by atoms with van der Waals surface area (Å²) in [5.74, 6) is 0.511. The van der Waals surface area contributed by atoms with Crippen molar-refractivity contribution in [2.24, 2.45) is 5.92 Å². The highest BCUT2D eigenvalue weighted by Gasteiger charge is 2.16. The molecule has 0 aliphatic rings. The molecule has 0 bridgehead atoms. The van der Waals surface area contributed by atoms with Gasteiger partial charge in [0.05, 0.1) is 18.7 Å². The third-order valence-corrected chi connectivity index (χ3v) is 3.13. The molecule has 0 saturated heterocycles. The van der Waals surface area contributed by atoms with Crippen molar-refractivity contribution in [1.29, 1.82) is 0 Å². The summed E-state index contributed by atoms with van der Waals surface area (Å²) in [5, 5.41) is 2.34. The summed E-state index contributed by atoms with van der Waals surface area (Å²) in [6.07, 6.45) is 0.310. The van der Waals surface area contributed by atoms with Crippen LogP contribution in [0.1, 0.15) is 19.5 Å². The molecule has 0 aromatic carbocycles. The van der Waals surface area contributed by atoms with Crippen molar-refractivity contribution in [1.82, 2.24) is 9.88 Å². The van der Waals surface area contributed by atoms with E-state index in [0.29, 0.717) is 30.6 Å². The van der Waals surface area contributed by atoms with Crippen LogP contribution in [0.15, 0.2) is 5.38 Å². The number of anilines is 1. The number of amides is 1. The Balaban J connectivity index is 2.57. The van der Waals surface area contributed by atoms with E-state index in [-0.39, 0.29) is 5.91 Å². The van der Waals surface area contributed by atoms with Crippen molar-refractivity contribution in [2.75, 3.05) is 32.5 Å². The molecule has 2 N–H and O–H groups in total. The van der Waals surface area contributed by atoms with Crippen LogP contribution >= 0.6 is 11.3 Å². The van der Waals surface area contributed by atoms with Crippen molar-refractivity contribution in [3.63, 3.8) is 0 Å². The fraction of sp³-hybridized carbons (Fsp3) is 0.667. The normalized spacial score (nSPS) is 10.9. The maximum atomic E-state index is 12.2. The molecule has 0 fully saturated rings. The van der Waals surface area contributed by atoms with Gasteiger partial charge in [-0.1, -0.05) is 13.8 Å². The van der Waals surface area contributed by atoms with E-state index in [2.05, 4.69) is 18.8 Å². The van der Waals surface area contributed by atoms with Gasteiger partial charge in [-0.2, -0.15) is 0 Å². The Bertz CT molecular complexity index is 379. The minimum Gasteiger partial charge on any atom is -0.383 e. The average Bonchev–Trinajstić information content (AvgIpc) is 2.69. The van der Waals surface area contributed by atoms with Crippen LogP contribution in [0.25, 0.3) is 0 Å². The van der Waals surface area contributed by atoms with Crippen molar-refractivity contribution >= 4 is 22.4 Å². The van der Waals surface area contributed by atoms with Gasteiger partial charge in [0.25, 0.3) is 0 Å². The van der Waals surface area contributed by atoms with Gasteiger partial charge in [0.1, 0.15) is 0 Å². The van der Waals surface area contributed by atoms with E-state index < -0.39 is 0 Å². The average molecular weight is 271 g/mol. The van der Waals surface area contributed by atoms with Gasteiger partial charge in [-0.15, -0.1) is 11.3 Å². The van der Waals surface area contributed by atoms with Crippen molar-refractivity contribution in [3.05, 3.63) is 11.1 Å². The highest BCUT2D eigenvalue weighted by molar-refractivity contribution is 7.13. The lowest BCUT2D eigenvalue weighted by Gasteiger charge is -2.24. The van der Waals surface area contributed by atoms with Gasteiger partial charge in [-0.25, -0.2) is 4.98 Å². The van der Waals surface area contributed by atoms with Crippen LogP contribution in [0.4, 0.5) is 5.13 Å². The van der Waals surface area contributed by atoms with Crippen LogP contribution < -0.4 is 5.73 Å². The van der Waals surface area contributed by atoms with E-state index in [1.807, 2.05) is 10.3 Å². The van der Waals surface area contributed by atoms with Gasteiger partial charge in [0.2, 0.25) is 5.91 Å². The molecule has 0 atom stereocenters. The number of nitrogen functional groups attached to an aromatic ring is 1. The first-order valence-electron chi connectivity index (χ1n) is 5.99. The maximum absolute atomic E-state index is 12.2. The molecule has 0 aliphatic heterocycles. The van der Waals surface area contributed by atoms with E-state index in [1.54, 1.807) is 7.11 Å². The molecule has 1 heterocycles. The highest BCUT2D eigenvalue weighted by Crippen LogP contribution is 2.12. The summed E-state index contributed by atoms with van der Waals surface area (Å²) < 4.78 is 5.03. The van der Waals surface area contributed by atoms with Crippen LogP contribution in [-0.2, 0) is 16.0 Å². The quantitative estimate of drug-likeness (QED) is 0.814. The lowest BCUT2D eigenvalue weighted by molar-refractivity contribution is -0.131. The minimum atomic E-state index is 0.0750.